The molecule has 0 amide bonds. The molecule has 1 saturated carbocycles. The van der Waals surface area contributed by atoms with Crippen molar-refractivity contribution in [3.05, 3.63) is 0 Å². The van der Waals surface area contributed by atoms with Crippen molar-refractivity contribution < 1.29 is 0 Å². The summed E-state index contributed by atoms with van der Waals surface area (Å²) >= 11 is 1.82. The minimum atomic E-state index is 0.533. The lowest BCUT2D eigenvalue weighted by atomic mass is 9.98. The van der Waals surface area contributed by atoms with Gasteiger partial charge in [0.25, 0.3) is 0 Å². The van der Waals surface area contributed by atoms with Crippen molar-refractivity contribution in [1.29, 1.82) is 0 Å². The van der Waals surface area contributed by atoms with E-state index in [9.17, 15) is 0 Å². The largest absolute Gasteiger partial charge is 0.379 e. The highest BCUT2D eigenvalue weighted by molar-refractivity contribution is 8.14. The maximum Gasteiger partial charge on any atom is 0.154 e. The lowest BCUT2D eigenvalue weighted by molar-refractivity contribution is 0.470. The highest BCUT2D eigenvalue weighted by Gasteiger charge is 2.22. The zero-order valence-electron chi connectivity index (χ0n) is 10.2. The Labute approximate surface area is 103 Å². The molecule has 0 aromatic heterocycles. The van der Waals surface area contributed by atoms with Crippen molar-refractivity contribution in [3.8, 4) is 0 Å². The van der Waals surface area contributed by atoms with Crippen LogP contribution in [0.1, 0.15) is 64.2 Å². The van der Waals surface area contributed by atoms with Crippen molar-refractivity contribution in [3.63, 3.8) is 0 Å². The lowest BCUT2D eigenvalue weighted by Gasteiger charge is -2.26. The third-order valence-corrected chi connectivity index (χ3v) is 4.80. The molecule has 2 atom stereocenters. The van der Waals surface area contributed by atoms with Crippen LogP contribution in [-0.4, -0.2) is 16.5 Å². The molecule has 2 rings (SSSR count). The number of amidine groups is 1. The fourth-order valence-corrected chi connectivity index (χ4v) is 3.93. The Bertz CT molecular complexity index is 240. The second-order valence-electron chi connectivity index (χ2n) is 5.15. The average molecular weight is 240 g/mol. The van der Waals surface area contributed by atoms with Gasteiger partial charge < -0.3 is 5.73 Å². The van der Waals surface area contributed by atoms with Crippen LogP contribution in [0.15, 0.2) is 4.99 Å². The highest BCUT2D eigenvalue weighted by atomic mass is 32.2. The smallest absolute Gasteiger partial charge is 0.154 e. The molecule has 0 aromatic carbocycles. The second kappa shape index (κ2) is 6.53. The number of aliphatic imine (C=N–C) groups is 1. The van der Waals surface area contributed by atoms with E-state index in [2.05, 4.69) is 4.99 Å². The van der Waals surface area contributed by atoms with Crippen molar-refractivity contribution >= 4 is 16.9 Å². The fourth-order valence-electron chi connectivity index (χ4n) is 2.78. The average Bonchev–Trinajstić information content (AvgIpc) is 2.24. The van der Waals surface area contributed by atoms with Gasteiger partial charge in [0.1, 0.15) is 0 Å². The molecule has 1 heterocycles. The van der Waals surface area contributed by atoms with Gasteiger partial charge in [-0.3, -0.25) is 4.99 Å². The molecule has 0 radical (unpaired) electrons. The Kier molecular flexibility index (Phi) is 5.01. The quantitative estimate of drug-likeness (QED) is 0.701. The molecule has 2 N–H and O–H groups in total. The van der Waals surface area contributed by atoms with Crippen molar-refractivity contribution in [2.75, 3.05) is 0 Å². The molecule has 2 bridgehead atoms. The molecule has 16 heavy (non-hydrogen) atoms. The molecule has 0 saturated heterocycles. The third kappa shape index (κ3) is 4.00. The standard InChI is InChI=1S/C13H24N2S/c14-13-15-11-8-6-4-2-1-3-5-7-9-12(10-11)16-13/h11-12H,1-10H2,(H2,14,15). The summed E-state index contributed by atoms with van der Waals surface area (Å²) in [7, 11) is 0. The minimum Gasteiger partial charge on any atom is -0.379 e. The van der Waals surface area contributed by atoms with E-state index in [0.29, 0.717) is 6.04 Å². The Hall–Kier alpha value is -0.180. The topological polar surface area (TPSA) is 38.4 Å². The van der Waals surface area contributed by atoms with Crippen molar-refractivity contribution in [2.45, 2.75) is 75.5 Å². The third-order valence-electron chi connectivity index (χ3n) is 3.70. The molecule has 2 aliphatic rings. The summed E-state index contributed by atoms with van der Waals surface area (Å²) in [5, 5.41) is 1.60. The van der Waals surface area contributed by atoms with Gasteiger partial charge in [-0.1, -0.05) is 56.7 Å². The first-order valence-corrected chi connectivity index (χ1v) is 7.72. The van der Waals surface area contributed by atoms with Gasteiger partial charge in [0, 0.05) is 5.25 Å². The van der Waals surface area contributed by atoms with Gasteiger partial charge in [0.05, 0.1) is 6.04 Å². The summed E-state index contributed by atoms with van der Waals surface area (Å²) in [5.74, 6) is 0. The summed E-state index contributed by atoms with van der Waals surface area (Å²) in [6, 6.07) is 0.533. The predicted molar refractivity (Wildman–Crippen MR) is 73.0 cm³/mol. The number of nitrogens with zero attached hydrogens (tertiary/aromatic N) is 1. The monoisotopic (exact) mass is 240 g/mol. The maximum absolute atomic E-state index is 5.92. The van der Waals surface area contributed by atoms with Gasteiger partial charge >= 0.3 is 0 Å². The molecule has 2 nitrogen and oxygen atoms in total. The molecule has 0 spiro atoms. The molecule has 0 aromatic rings. The maximum atomic E-state index is 5.92. The van der Waals surface area contributed by atoms with Crippen LogP contribution < -0.4 is 5.73 Å². The molecular formula is C13H24N2S. The van der Waals surface area contributed by atoms with E-state index in [4.69, 9.17) is 5.73 Å². The van der Waals surface area contributed by atoms with Crippen LogP contribution in [0.5, 0.6) is 0 Å². The van der Waals surface area contributed by atoms with Crippen LogP contribution in [0.3, 0.4) is 0 Å². The number of thioether (sulfide) groups is 1. The zero-order valence-corrected chi connectivity index (χ0v) is 11.0. The van der Waals surface area contributed by atoms with Gasteiger partial charge in [0.2, 0.25) is 0 Å². The molecule has 2 unspecified atom stereocenters. The number of rotatable bonds is 0. The molecule has 3 heteroatoms. The summed E-state index contributed by atoms with van der Waals surface area (Å²) in [6.07, 6.45) is 13.7. The van der Waals surface area contributed by atoms with E-state index in [0.717, 1.165) is 10.4 Å². The van der Waals surface area contributed by atoms with Gasteiger partial charge in [-0.25, -0.2) is 0 Å². The second-order valence-corrected chi connectivity index (χ2v) is 6.47. The fraction of sp³-hybridized carbons (Fsp3) is 0.923. The van der Waals surface area contributed by atoms with E-state index in [1.54, 1.807) is 0 Å². The van der Waals surface area contributed by atoms with Crippen LogP contribution in [0.2, 0.25) is 0 Å². The first-order valence-electron chi connectivity index (χ1n) is 6.84. The van der Waals surface area contributed by atoms with E-state index in [-0.39, 0.29) is 0 Å². The first kappa shape index (κ1) is 12.3. The number of nitrogens with two attached hydrogens (primary N) is 1. The zero-order chi connectivity index (χ0) is 11.2. The lowest BCUT2D eigenvalue weighted by Crippen LogP contribution is -2.26. The molecule has 1 aliphatic heterocycles. The molecule has 92 valence electrons. The van der Waals surface area contributed by atoms with Crippen LogP contribution >= 0.6 is 11.8 Å². The molecule has 1 fully saturated rings. The number of hydrogen-bond donors (Lipinski definition) is 1. The van der Waals surface area contributed by atoms with Crippen LogP contribution in [-0.2, 0) is 0 Å². The van der Waals surface area contributed by atoms with Crippen molar-refractivity contribution in [1.82, 2.24) is 0 Å². The van der Waals surface area contributed by atoms with Crippen molar-refractivity contribution in [2.24, 2.45) is 10.7 Å². The highest BCUT2D eigenvalue weighted by Crippen LogP contribution is 2.30. The van der Waals surface area contributed by atoms with Gasteiger partial charge in [-0.05, 0) is 19.3 Å². The summed E-state index contributed by atoms with van der Waals surface area (Å²) < 4.78 is 0. The van der Waals surface area contributed by atoms with E-state index >= 15 is 0 Å². The van der Waals surface area contributed by atoms with Gasteiger partial charge in [-0.2, -0.15) is 0 Å². The first-order chi connectivity index (χ1) is 7.84. The van der Waals surface area contributed by atoms with E-state index in [1.165, 1.54) is 64.2 Å². The van der Waals surface area contributed by atoms with E-state index < -0.39 is 0 Å². The minimum absolute atomic E-state index is 0.533. The number of hydrogen-bond acceptors (Lipinski definition) is 3. The SMILES string of the molecule is NC1=NC2CCCCCCCCCC(C2)S1. The summed E-state index contributed by atoms with van der Waals surface area (Å²) in [5.41, 5.74) is 5.92. The normalized spacial score (nSPS) is 33.4. The van der Waals surface area contributed by atoms with Crippen LogP contribution in [0.4, 0.5) is 0 Å². The predicted octanol–water partition coefficient (Wildman–Crippen LogP) is 3.70. The summed E-state index contributed by atoms with van der Waals surface area (Å²) in [6.45, 7) is 0. The van der Waals surface area contributed by atoms with E-state index in [1.807, 2.05) is 11.8 Å². The Morgan fingerprint density at radius 3 is 2.31 bits per heavy atom. The van der Waals surface area contributed by atoms with Crippen LogP contribution in [0.25, 0.3) is 0 Å². The molecular weight excluding hydrogens is 216 g/mol. The summed E-state index contributed by atoms with van der Waals surface area (Å²) in [4.78, 5) is 4.59. The van der Waals surface area contributed by atoms with Gasteiger partial charge in [-0.15, -0.1) is 0 Å². The molecule has 1 aliphatic carbocycles. The Morgan fingerprint density at radius 1 is 0.938 bits per heavy atom. The Balaban J connectivity index is 1.89. The number of fused-ring (bicyclic) bond motifs is 2. The Morgan fingerprint density at radius 2 is 1.56 bits per heavy atom. The van der Waals surface area contributed by atoms with Crippen LogP contribution in [0, 0.1) is 0 Å². The van der Waals surface area contributed by atoms with Gasteiger partial charge in [0.15, 0.2) is 5.17 Å².